The Kier molecular flexibility index (Phi) is 5.69. The number of nitriles is 1. The third-order valence-electron chi connectivity index (χ3n) is 4.86. The number of rotatable bonds is 5. The zero-order valence-electron chi connectivity index (χ0n) is 16.0. The van der Waals surface area contributed by atoms with E-state index in [1.807, 2.05) is 25.1 Å². The number of anilines is 2. The summed E-state index contributed by atoms with van der Waals surface area (Å²) in [5.74, 6) is -0.314. The van der Waals surface area contributed by atoms with Crippen LogP contribution in [-0.4, -0.2) is 26.4 Å². The first-order valence-corrected chi connectivity index (χ1v) is 9.11. The number of amides is 1. The van der Waals surface area contributed by atoms with E-state index >= 15 is 0 Å². The van der Waals surface area contributed by atoms with Gasteiger partial charge in [0.05, 0.1) is 37.4 Å². The van der Waals surface area contributed by atoms with E-state index in [2.05, 4.69) is 16.3 Å². The Hall–Kier alpha value is -3.27. The minimum Gasteiger partial charge on any atom is -0.497 e. The van der Waals surface area contributed by atoms with Crippen LogP contribution in [-0.2, 0) is 4.74 Å². The number of halogens is 1. The highest BCUT2D eigenvalue weighted by atomic mass is 19.1. The van der Waals surface area contributed by atoms with Crippen LogP contribution in [0, 0.1) is 17.1 Å². The maximum atomic E-state index is 14.6. The second kappa shape index (κ2) is 8.17. The summed E-state index contributed by atoms with van der Waals surface area (Å²) < 4.78 is 24.7. The summed E-state index contributed by atoms with van der Waals surface area (Å²) in [4.78, 5) is 13.6. The summed E-state index contributed by atoms with van der Waals surface area (Å²) >= 11 is 0. The van der Waals surface area contributed by atoms with Gasteiger partial charge in [-0.05, 0) is 43.2 Å². The molecule has 146 valence electrons. The van der Waals surface area contributed by atoms with Gasteiger partial charge in [-0.1, -0.05) is 12.1 Å². The number of nitrogens with zero attached hydrogens (tertiary/aromatic N) is 2. The molecule has 28 heavy (non-hydrogen) atoms. The summed E-state index contributed by atoms with van der Waals surface area (Å²) in [5, 5.41) is 12.2. The lowest BCUT2D eigenvalue weighted by molar-refractivity contribution is 0.168. The molecule has 7 heteroatoms. The number of carbonyl (C=O) groups is 1. The predicted octanol–water partition coefficient (Wildman–Crippen LogP) is 4.59. The number of nitrogens with one attached hydrogen (secondary N) is 1. The molecule has 1 amide bonds. The minimum atomic E-state index is -0.709. The Morgan fingerprint density at radius 2 is 2.07 bits per heavy atom. The van der Waals surface area contributed by atoms with Gasteiger partial charge < -0.3 is 14.4 Å². The van der Waals surface area contributed by atoms with Crippen LogP contribution in [0.2, 0.25) is 0 Å². The number of hydrogen-bond donors (Lipinski definition) is 1. The van der Waals surface area contributed by atoms with Crippen molar-refractivity contribution in [3.05, 3.63) is 53.3 Å². The molecule has 1 aliphatic heterocycles. The van der Waals surface area contributed by atoms with Gasteiger partial charge in [0.1, 0.15) is 11.6 Å². The van der Waals surface area contributed by atoms with Crippen LogP contribution in [0.25, 0.3) is 0 Å². The molecule has 0 aliphatic carbocycles. The number of likely N-dealkylation sites (N-methyl/N-ethyl adjacent to an activating group) is 1. The van der Waals surface area contributed by atoms with E-state index < -0.39 is 17.8 Å². The average Bonchev–Trinajstić information content (AvgIpc) is 3.02. The van der Waals surface area contributed by atoms with Crippen LogP contribution in [0.15, 0.2) is 36.4 Å². The lowest BCUT2D eigenvalue weighted by Gasteiger charge is -2.28. The van der Waals surface area contributed by atoms with Crippen molar-refractivity contribution in [3.8, 4) is 11.8 Å². The van der Waals surface area contributed by atoms with Gasteiger partial charge in [-0.2, -0.15) is 5.26 Å². The number of fused-ring (bicyclic) bond motifs is 1. The highest BCUT2D eigenvalue weighted by Crippen LogP contribution is 2.49. The van der Waals surface area contributed by atoms with Crippen LogP contribution in [0.3, 0.4) is 0 Å². The molecule has 0 saturated heterocycles. The van der Waals surface area contributed by atoms with Gasteiger partial charge in [0, 0.05) is 18.3 Å². The van der Waals surface area contributed by atoms with Gasteiger partial charge in [0.25, 0.3) is 0 Å². The Morgan fingerprint density at radius 3 is 2.68 bits per heavy atom. The average molecular weight is 383 g/mol. The number of hydrogen-bond acceptors (Lipinski definition) is 5. The third kappa shape index (κ3) is 3.46. The van der Waals surface area contributed by atoms with E-state index in [1.165, 1.54) is 12.1 Å². The molecule has 0 saturated carbocycles. The highest BCUT2D eigenvalue weighted by molar-refractivity contribution is 5.84. The van der Waals surface area contributed by atoms with E-state index in [0.29, 0.717) is 17.9 Å². The van der Waals surface area contributed by atoms with Crippen molar-refractivity contribution in [1.29, 1.82) is 5.26 Å². The molecule has 0 fully saturated rings. The van der Waals surface area contributed by atoms with Crippen LogP contribution in [0.1, 0.15) is 36.9 Å². The van der Waals surface area contributed by atoms with E-state index in [4.69, 9.17) is 9.47 Å². The lowest BCUT2D eigenvalue weighted by Crippen LogP contribution is -2.26. The molecule has 1 heterocycles. The molecule has 0 radical (unpaired) electrons. The quantitative estimate of drug-likeness (QED) is 0.817. The van der Waals surface area contributed by atoms with Crippen LogP contribution in [0.5, 0.6) is 5.75 Å². The Morgan fingerprint density at radius 1 is 1.29 bits per heavy atom. The van der Waals surface area contributed by atoms with Gasteiger partial charge in [0.2, 0.25) is 0 Å². The Labute approximate surface area is 163 Å². The van der Waals surface area contributed by atoms with Crippen LogP contribution < -0.4 is 15.0 Å². The summed E-state index contributed by atoms with van der Waals surface area (Å²) in [6.07, 6.45) is -0.709. The molecule has 1 aliphatic rings. The predicted molar refractivity (Wildman–Crippen MR) is 104 cm³/mol. The van der Waals surface area contributed by atoms with Crippen molar-refractivity contribution in [2.45, 2.75) is 25.8 Å². The summed E-state index contributed by atoms with van der Waals surface area (Å²) in [6.45, 7) is 4.51. The van der Waals surface area contributed by atoms with Crippen molar-refractivity contribution in [2.75, 3.05) is 30.5 Å². The fourth-order valence-corrected chi connectivity index (χ4v) is 3.64. The van der Waals surface area contributed by atoms with Gasteiger partial charge in [-0.25, -0.2) is 9.18 Å². The standard InChI is InChI=1S/C21H22FN3O3/c1-4-25-19-11-14(27-3)7-8-15(19)16(12-23)20(25)13-6-9-18(17(22)10-13)24-21(26)28-5-2/h6-11,16,20H,4-5H2,1-3H3,(H,24,26). The number of methoxy groups -OCH3 is 1. The first kappa shape index (κ1) is 19.5. The number of carbonyl (C=O) groups excluding carboxylic acids is 1. The van der Waals surface area contributed by atoms with E-state index in [1.54, 1.807) is 20.1 Å². The number of benzene rings is 2. The van der Waals surface area contributed by atoms with E-state index in [9.17, 15) is 14.4 Å². The molecule has 6 nitrogen and oxygen atoms in total. The highest BCUT2D eigenvalue weighted by Gasteiger charge is 2.39. The third-order valence-corrected chi connectivity index (χ3v) is 4.86. The molecular weight excluding hydrogens is 361 g/mol. The monoisotopic (exact) mass is 383 g/mol. The van der Waals surface area contributed by atoms with Gasteiger partial charge in [-0.15, -0.1) is 0 Å². The molecule has 0 bridgehead atoms. The van der Waals surface area contributed by atoms with Gasteiger partial charge in [-0.3, -0.25) is 5.32 Å². The minimum absolute atomic E-state index is 0.0379. The second-order valence-electron chi connectivity index (χ2n) is 6.35. The molecule has 2 aromatic rings. The van der Waals surface area contributed by atoms with Crippen molar-refractivity contribution in [1.82, 2.24) is 0 Å². The molecule has 3 rings (SSSR count). The molecule has 0 aromatic heterocycles. The molecule has 0 spiro atoms. The fourth-order valence-electron chi connectivity index (χ4n) is 3.64. The molecule has 2 unspecified atom stereocenters. The normalized spacial score (nSPS) is 17.6. The zero-order valence-corrected chi connectivity index (χ0v) is 16.0. The molecule has 2 aromatic carbocycles. The fraction of sp³-hybridized carbons (Fsp3) is 0.333. The van der Waals surface area contributed by atoms with Gasteiger partial charge >= 0.3 is 6.09 Å². The van der Waals surface area contributed by atoms with Gasteiger partial charge in [0.15, 0.2) is 0 Å². The first-order valence-electron chi connectivity index (χ1n) is 9.11. The van der Waals surface area contributed by atoms with E-state index in [-0.39, 0.29) is 18.3 Å². The maximum absolute atomic E-state index is 14.6. The second-order valence-corrected chi connectivity index (χ2v) is 6.35. The molecule has 2 atom stereocenters. The SMILES string of the molecule is CCOC(=O)Nc1ccc(C2C(C#N)c3ccc(OC)cc3N2CC)cc1F. The Balaban J connectivity index is 1.97. The topological polar surface area (TPSA) is 74.6 Å². The van der Waals surface area contributed by atoms with Crippen molar-refractivity contribution >= 4 is 17.5 Å². The van der Waals surface area contributed by atoms with Crippen molar-refractivity contribution in [3.63, 3.8) is 0 Å². The van der Waals surface area contributed by atoms with Crippen molar-refractivity contribution in [2.24, 2.45) is 0 Å². The lowest BCUT2D eigenvalue weighted by atomic mass is 9.91. The maximum Gasteiger partial charge on any atom is 0.411 e. The molecular formula is C21H22FN3O3. The van der Waals surface area contributed by atoms with E-state index in [0.717, 1.165) is 11.3 Å². The molecule has 1 N–H and O–H groups in total. The zero-order chi connectivity index (χ0) is 20.3. The first-order chi connectivity index (χ1) is 13.5. The summed E-state index contributed by atoms with van der Waals surface area (Å²) in [6, 6.07) is 12.2. The number of ether oxygens (including phenoxy) is 2. The smallest absolute Gasteiger partial charge is 0.411 e. The summed E-state index contributed by atoms with van der Waals surface area (Å²) in [5.41, 5.74) is 2.50. The van der Waals surface area contributed by atoms with Crippen molar-refractivity contribution < 1.29 is 18.7 Å². The van der Waals surface area contributed by atoms with Crippen LogP contribution in [0.4, 0.5) is 20.6 Å². The Bertz CT molecular complexity index is 926. The largest absolute Gasteiger partial charge is 0.497 e. The van der Waals surface area contributed by atoms with Crippen LogP contribution >= 0.6 is 0 Å². The summed E-state index contributed by atoms with van der Waals surface area (Å²) in [7, 11) is 1.59.